The highest BCUT2D eigenvalue weighted by Gasteiger charge is 2.65. The molecule has 1 saturated heterocycles. The molecule has 7 heteroatoms. The highest BCUT2D eigenvalue weighted by molar-refractivity contribution is 9.09. The van der Waals surface area contributed by atoms with Gasteiger partial charge in [0.15, 0.2) is 0 Å². The highest BCUT2D eigenvalue weighted by atomic mass is 79.9. The van der Waals surface area contributed by atoms with Gasteiger partial charge in [-0.1, -0.05) is 29.8 Å². The Bertz CT molecular complexity index is 558. The zero-order chi connectivity index (χ0) is 15.5. The van der Waals surface area contributed by atoms with Crippen LogP contribution < -0.4 is 0 Å². The summed E-state index contributed by atoms with van der Waals surface area (Å²) in [5, 5.41) is 0.679. The number of ether oxygens (including phenoxy) is 1. The quantitative estimate of drug-likeness (QED) is 0.399. The Balaban J connectivity index is 1.68. The van der Waals surface area contributed by atoms with Crippen LogP contribution in [0.4, 0.5) is 0 Å². The van der Waals surface area contributed by atoms with E-state index in [1.165, 1.54) is 0 Å². The van der Waals surface area contributed by atoms with Crippen LogP contribution in [0.3, 0.4) is 0 Å². The Morgan fingerprint density at radius 1 is 1.38 bits per heavy atom. The van der Waals surface area contributed by atoms with Gasteiger partial charge in [-0.2, -0.15) is 8.42 Å². The Morgan fingerprint density at radius 2 is 2.10 bits per heavy atom. The van der Waals surface area contributed by atoms with E-state index in [4.69, 9.17) is 8.92 Å². The summed E-state index contributed by atoms with van der Waals surface area (Å²) in [6, 6.07) is 0. The number of hydrogen-bond donors (Lipinski definition) is 0. The number of carbonyl (C=O) groups is 1. The molecule has 1 unspecified atom stereocenters. The van der Waals surface area contributed by atoms with E-state index < -0.39 is 15.5 Å². The van der Waals surface area contributed by atoms with Gasteiger partial charge < -0.3 is 4.74 Å². The van der Waals surface area contributed by atoms with Gasteiger partial charge in [-0.05, 0) is 24.2 Å². The van der Waals surface area contributed by atoms with Gasteiger partial charge in [-0.3, -0.25) is 8.98 Å². The molecule has 0 aromatic rings. The van der Waals surface area contributed by atoms with Crippen LogP contribution >= 0.6 is 15.9 Å². The number of Topliss-reactive ketones (excluding diaryl/α,β-unsaturated/α-hetero) is 1. The second kappa shape index (κ2) is 5.01. The van der Waals surface area contributed by atoms with Crippen LogP contribution in [0.2, 0.25) is 0 Å². The van der Waals surface area contributed by atoms with E-state index in [0.717, 1.165) is 6.42 Å². The molecule has 3 rings (SSSR count). The fraction of sp³-hybridized carbons (Fsp3) is 0.929. The molecule has 2 saturated carbocycles. The Morgan fingerprint density at radius 3 is 2.57 bits per heavy atom. The smallest absolute Gasteiger partial charge is 0.268 e. The predicted octanol–water partition coefficient (Wildman–Crippen LogP) is 1.89. The molecule has 3 fully saturated rings. The minimum atomic E-state index is -3.72. The van der Waals surface area contributed by atoms with Crippen molar-refractivity contribution in [3.05, 3.63) is 0 Å². The van der Waals surface area contributed by atoms with Crippen molar-refractivity contribution in [3.8, 4) is 0 Å². The molecule has 21 heavy (non-hydrogen) atoms. The number of halogens is 1. The van der Waals surface area contributed by atoms with Gasteiger partial charge in [0.2, 0.25) is 0 Å². The van der Waals surface area contributed by atoms with E-state index in [9.17, 15) is 13.2 Å². The molecule has 2 aliphatic carbocycles. The second-order valence-electron chi connectivity index (χ2n) is 7.02. The third-order valence-electron chi connectivity index (χ3n) is 5.81. The lowest BCUT2D eigenvalue weighted by Crippen LogP contribution is -2.42. The average Bonchev–Trinajstić information content (AvgIpc) is 3.09. The van der Waals surface area contributed by atoms with Crippen LogP contribution in [0.5, 0.6) is 0 Å². The minimum absolute atomic E-state index is 0.0405. The van der Waals surface area contributed by atoms with Crippen molar-refractivity contribution in [1.29, 1.82) is 0 Å². The summed E-state index contributed by atoms with van der Waals surface area (Å²) in [5.41, 5.74) is -1.01. The molecule has 0 spiro atoms. The summed E-state index contributed by atoms with van der Waals surface area (Å²) in [7, 11) is -3.72. The largest absolute Gasteiger partial charge is 0.366 e. The summed E-state index contributed by atoms with van der Waals surface area (Å²) in [4.78, 5) is 12.3. The Hall–Kier alpha value is 0.0200. The van der Waals surface area contributed by atoms with Crippen molar-refractivity contribution in [2.75, 3.05) is 17.7 Å². The number of alkyl halides is 1. The third-order valence-corrected chi connectivity index (χ3v) is 7.79. The molecule has 0 aromatic carbocycles. The van der Waals surface area contributed by atoms with Crippen molar-refractivity contribution in [1.82, 2.24) is 0 Å². The van der Waals surface area contributed by atoms with Crippen molar-refractivity contribution < 1.29 is 22.1 Å². The first-order chi connectivity index (χ1) is 9.72. The molecule has 0 radical (unpaired) electrons. The maximum atomic E-state index is 12.3. The van der Waals surface area contributed by atoms with Gasteiger partial charge in [0.25, 0.3) is 10.1 Å². The first-order valence-electron chi connectivity index (χ1n) is 7.34. The maximum absolute atomic E-state index is 12.3. The van der Waals surface area contributed by atoms with Crippen molar-refractivity contribution >= 4 is 31.8 Å². The van der Waals surface area contributed by atoms with E-state index in [0.29, 0.717) is 24.1 Å². The first-order valence-corrected chi connectivity index (χ1v) is 10.0. The lowest BCUT2D eigenvalue weighted by atomic mass is 9.70. The van der Waals surface area contributed by atoms with Gasteiger partial charge in [-0.15, -0.1) is 0 Å². The molecule has 0 aromatic heterocycles. The van der Waals surface area contributed by atoms with E-state index in [1.807, 2.05) is 13.8 Å². The van der Waals surface area contributed by atoms with Crippen LogP contribution in [0.15, 0.2) is 0 Å². The molecule has 3 aliphatic rings. The lowest BCUT2D eigenvalue weighted by Gasteiger charge is -2.35. The van der Waals surface area contributed by atoms with Crippen molar-refractivity contribution in [3.63, 3.8) is 0 Å². The van der Waals surface area contributed by atoms with Gasteiger partial charge in [0.05, 0.1) is 23.9 Å². The number of fused-ring (bicyclic) bond motifs is 2. The first kappa shape index (κ1) is 15.9. The molecular weight excluding hydrogens is 360 g/mol. The molecule has 4 atom stereocenters. The van der Waals surface area contributed by atoms with Gasteiger partial charge in [0, 0.05) is 11.8 Å². The average molecular weight is 381 g/mol. The predicted molar refractivity (Wildman–Crippen MR) is 80.8 cm³/mol. The molecular formula is C14H21BrO5S. The third kappa shape index (κ3) is 2.50. The normalized spacial score (nSPS) is 40.7. The number of rotatable bonds is 6. The fourth-order valence-corrected chi connectivity index (χ4v) is 6.36. The summed E-state index contributed by atoms with van der Waals surface area (Å²) in [6.07, 6.45) is 2.00. The van der Waals surface area contributed by atoms with Crippen molar-refractivity contribution in [2.24, 2.45) is 16.7 Å². The molecule has 5 nitrogen and oxygen atoms in total. The second-order valence-corrected chi connectivity index (χ2v) is 9.31. The van der Waals surface area contributed by atoms with Crippen LogP contribution in [-0.4, -0.2) is 44.1 Å². The SMILES string of the molecule is CC1(C)C2CC[C@@]1(CS(=O)(=O)OC[C@H]1O[C@H]1CBr)C(=O)C2. The Kier molecular flexibility index (Phi) is 3.79. The van der Waals surface area contributed by atoms with Gasteiger partial charge in [0.1, 0.15) is 11.9 Å². The standard InChI is InChI=1S/C14H21BrO5S/c1-13(2)9-3-4-14(13,12(16)5-9)8-21(17,18)19-7-11-10(6-15)20-11/h9-11H,3-8H2,1-2H3/t9?,10-,11+,14+/m0/s1. The highest BCUT2D eigenvalue weighted by Crippen LogP contribution is 2.64. The lowest BCUT2D eigenvalue weighted by molar-refractivity contribution is -0.128. The molecule has 120 valence electrons. The summed E-state index contributed by atoms with van der Waals surface area (Å²) < 4.78 is 34.9. The summed E-state index contributed by atoms with van der Waals surface area (Å²) >= 11 is 3.28. The van der Waals surface area contributed by atoms with Crippen LogP contribution in [0.25, 0.3) is 0 Å². The van der Waals surface area contributed by atoms with E-state index in [2.05, 4.69) is 15.9 Å². The number of epoxide rings is 1. The summed E-state index contributed by atoms with van der Waals surface area (Å²) in [6.45, 7) is 4.10. The van der Waals surface area contributed by atoms with E-state index in [1.54, 1.807) is 0 Å². The summed E-state index contributed by atoms with van der Waals surface area (Å²) in [5.74, 6) is 0.218. The van der Waals surface area contributed by atoms with Gasteiger partial charge >= 0.3 is 0 Å². The fourth-order valence-electron chi connectivity index (χ4n) is 4.08. The van der Waals surface area contributed by atoms with E-state index in [-0.39, 0.29) is 35.8 Å². The molecule has 1 heterocycles. The topological polar surface area (TPSA) is 73.0 Å². The van der Waals surface area contributed by atoms with Gasteiger partial charge in [-0.25, -0.2) is 0 Å². The zero-order valence-corrected chi connectivity index (χ0v) is 14.7. The monoisotopic (exact) mass is 380 g/mol. The number of carbonyl (C=O) groups excluding carboxylic acids is 1. The molecule has 2 bridgehead atoms. The zero-order valence-electron chi connectivity index (χ0n) is 12.3. The molecule has 0 N–H and O–H groups in total. The molecule has 1 aliphatic heterocycles. The van der Waals surface area contributed by atoms with E-state index >= 15 is 0 Å². The van der Waals surface area contributed by atoms with Crippen molar-refractivity contribution in [2.45, 2.75) is 45.3 Å². The maximum Gasteiger partial charge on any atom is 0.268 e. The number of hydrogen-bond acceptors (Lipinski definition) is 5. The molecule has 0 amide bonds. The van der Waals surface area contributed by atoms with Crippen LogP contribution in [0, 0.1) is 16.7 Å². The van der Waals surface area contributed by atoms with Crippen LogP contribution in [-0.2, 0) is 23.8 Å². The number of ketones is 1. The Labute approximate surface area is 134 Å². The minimum Gasteiger partial charge on any atom is -0.366 e. The van der Waals surface area contributed by atoms with Crippen LogP contribution in [0.1, 0.15) is 33.1 Å².